The molecule has 2 N–H and O–H groups in total. The molecule has 2 aliphatic rings. The van der Waals surface area contributed by atoms with E-state index in [0.717, 1.165) is 13.0 Å². The minimum atomic E-state index is -3.36. The average molecular weight is 291 g/mol. The molecule has 3 unspecified atom stereocenters. The highest BCUT2D eigenvalue weighted by molar-refractivity contribution is 7.87. The van der Waals surface area contributed by atoms with E-state index < -0.39 is 10.2 Å². The number of morpholine rings is 1. The zero-order valence-corrected chi connectivity index (χ0v) is 12.6. The van der Waals surface area contributed by atoms with Crippen LogP contribution in [0.5, 0.6) is 0 Å². The lowest BCUT2D eigenvalue weighted by atomic mass is 9.94. The van der Waals surface area contributed by atoms with Gasteiger partial charge in [-0.3, -0.25) is 0 Å². The SMILES string of the molecule is CC1CC(C)CN(S(=O)(=O)NCC2COCCN2)C1. The Bertz CT molecular complexity index is 372. The van der Waals surface area contributed by atoms with Crippen LogP contribution in [0.2, 0.25) is 0 Å². The molecule has 2 rings (SSSR count). The fourth-order valence-corrected chi connectivity index (χ4v) is 4.35. The third-order valence-corrected chi connectivity index (χ3v) is 5.20. The third-order valence-electron chi connectivity index (χ3n) is 3.69. The van der Waals surface area contributed by atoms with Gasteiger partial charge in [-0.15, -0.1) is 0 Å². The summed E-state index contributed by atoms with van der Waals surface area (Å²) in [5.74, 6) is 0.855. The van der Waals surface area contributed by atoms with Crippen LogP contribution in [0.3, 0.4) is 0 Å². The first kappa shape index (κ1) is 15.2. The van der Waals surface area contributed by atoms with Crippen molar-refractivity contribution in [3.8, 4) is 0 Å². The van der Waals surface area contributed by atoms with Gasteiger partial charge in [-0.05, 0) is 18.3 Å². The number of hydrogen-bond acceptors (Lipinski definition) is 4. The Hall–Kier alpha value is -0.210. The topological polar surface area (TPSA) is 70.7 Å². The number of piperidine rings is 1. The second-order valence-electron chi connectivity index (χ2n) is 5.84. The molecule has 0 aromatic rings. The lowest BCUT2D eigenvalue weighted by molar-refractivity contribution is 0.0781. The van der Waals surface area contributed by atoms with Crippen molar-refractivity contribution in [3.63, 3.8) is 0 Å². The van der Waals surface area contributed by atoms with Crippen LogP contribution in [-0.2, 0) is 14.9 Å². The quantitative estimate of drug-likeness (QED) is 0.752. The second kappa shape index (κ2) is 6.49. The fourth-order valence-electron chi connectivity index (χ4n) is 2.85. The normalized spacial score (nSPS) is 34.3. The van der Waals surface area contributed by atoms with E-state index in [-0.39, 0.29) is 6.04 Å². The Kier molecular flexibility index (Phi) is 5.19. The predicted molar refractivity (Wildman–Crippen MR) is 74.1 cm³/mol. The lowest BCUT2D eigenvalue weighted by Gasteiger charge is -2.34. The molecule has 0 amide bonds. The molecule has 112 valence electrons. The Labute approximate surface area is 116 Å². The Morgan fingerprint density at radius 3 is 2.58 bits per heavy atom. The molecule has 2 saturated heterocycles. The fraction of sp³-hybridized carbons (Fsp3) is 1.00. The van der Waals surface area contributed by atoms with Crippen molar-refractivity contribution in [2.24, 2.45) is 11.8 Å². The van der Waals surface area contributed by atoms with Gasteiger partial charge in [0.25, 0.3) is 10.2 Å². The standard InChI is InChI=1S/C12H25N3O3S/c1-10-5-11(2)8-15(7-10)19(16,17)14-6-12-9-18-4-3-13-12/h10-14H,3-9H2,1-2H3. The van der Waals surface area contributed by atoms with Gasteiger partial charge in [-0.2, -0.15) is 12.7 Å². The molecule has 0 radical (unpaired) electrons. The van der Waals surface area contributed by atoms with Crippen LogP contribution >= 0.6 is 0 Å². The molecule has 0 spiro atoms. The maximum Gasteiger partial charge on any atom is 0.279 e. The minimum Gasteiger partial charge on any atom is -0.378 e. The van der Waals surface area contributed by atoms with Gasteiger partial charge in [0.1, 0.15) is 0 Å². The summed E-state index contributed by atoms with van der Waals surface area (Å²) < 4.78 is 34.1. The van der Waals surface area contributed by atoms with E-state index >= 15 is 0 Å². The summed E-state index contributed by atoms with van der Waals surface area (Å²) in [7, 11) is -3.36. The number of ether oxygens (including phenoxy) is 1. The predicted octanol–water partition coefficient (Wildman–Crippen LogP) is -0.213. The first-order chi connectivity index (χ1) is 8.97. The molecule has 0 aromatic heterocycles. The first-order valence-electron chi connectivity index (χ1n) is 7.03. The van der Waals surface area contributed by atoms with E-state index in [4.69, 9.17) is 4.74 Å². The summed E-state index contributed by atoms with van der Waals surface area (Å²) in [6.07, 6.45) is 1.10. The molecule has 0 saturated carbocycles. The minimum absolute atomic E-state index is 0.0724. The smallest absolute Gasteiger partial charge is 0.279 e. The Morgan fingerprint density at radius 2 is 2.00 bits per heavy atom. The molecule has 2 fully saturated rings. The zero-order chi connectivity index (χ0) is 13.9. The third kappa shape index (κ3) is 4.39. The first-order valence-corrected chi connectivity index (χ1v) is 8.47. The maximum atomic E-state index is 12.3. The van der Waals surface area contributed by atoms with Crippen molar-refractivity contribution in [1.29, 1.82) is 0 Å². The molecule has 0 bridgehead atoms. The van der Waals surface area contributed by atoms with Gasteiger partial charge in [0.15, 0.2) is 0 Å². The van der Waals surface area contributed by atoms with E-state index in [1.54, 1.807) is 4.31 Å². The average Bonchev–Trinajstić information content (AvgIpc) is 2.37. The largest absolute Gasteiger partial charge is 0.378 e. The molecule has 3 atom stereocenters. The highest BCUT2D eigenvalue weighted by Crippen LogP contribution is 2.22. The summed E-state index contributed by atoms with van der Waals surface area (Å²) in [5.41, 5.74) is 0. The number of hydrogen-bond donors (Lipinski definition) is 2. The molecule has 0 aromatic carbocycles. The zero-order valence-electron chi connectivity index (χ0n) is 11.8. The summed E-state index contributed by atoms with van der Waals surface area (Å²) in [4.78, 5) is 0. The molecular weight excluding hydrogens is 266 g/mol. The van der Waals surface area contributed by atoms with Crippen molar-refractivity contribution in [3.05, 3.63) is 0 Å². The van der Waals surface area contributed by atoms with Crippen molar-refractivity contribution in [2.75, 3.05) is 39.4 Å². The summed E-state index contributed by atoms with van der Waals surface area (Å²) in [5, 5.41) is 3.24. The van der Waals surface area contributed by atoms with Gasteiger partial charge in [-0.25, -0.2) is 4.72 Å². The molecule has 0 aliphatic carbocycles. The van der Waals surface area contributed by atoms with Gasteiger partial charge in [0.2, 0.25) is 0 Å². The number of nitrogens with zero attached hydrogens (tertiary/aromatic N) is 1. The van der Waals surface area contributed by atoms with Crippen molar-refractivity contribution < 1.29 is 13.2 Å². The molecule has 2 heterocycles. The molecule has 2 aliphatic heterocycles. The second-order valence-corrected chi connectivity index (χ2v) is 7.60. The van der Waals surface area contributed by atoms with Gasteiger partial charge >= 0.3 is 0 Å². The Morgan fingerprint density at radius 1 is 1.32 bits per heavy atom. The van der Waals surface area contributed by atoms with Crippen molar-refractivity contribution >= 4 is 10.2 Å². The Balaban J connectivity index is 1.86. The van der Waals surface area contributed by atoms with Crippen molar-refractivity contribution in [1.82, 2.24) is 14.3 Å². The van der Waals surface area contributed by atoms with Gasteiger partial charge < -0.3 is 10.1 Å². The van der Waals surface area contributed by atoms with E-state index in [1.807, 2.05) is 0 Å². The van der Waals surface area contributed by atoms with Crippen LogP contribution in [0.4, 0.5) is 0 Å². The van der Waals surface area contributed by atoms with Crippen LogP contribution in [0.1, 0.15) is 20.3 Å². The van der Waals surface area contributed by atoms with Gasteiger partial charge in [0.05, 0.1) is 13.2 Å². The number of nitrogens with one attached hydrogen (secondary N) is 2. The lowest BCUT2D eigenvalue weighted by Crippen LogP contribution is -2.53. The van der Waals surface area contributed by atoms with E-state index in [1.165, 1.54) is 0 Å². The highest BCUT2D eigenvalue weighted by Gasteiger charge is 2.30. The van der Waals surface area contributed by atoms with E-state index in [2.05, 4.69) is 23.9 Å². The van der Waals surface area contributed by atoms with Crippen LogP contribution in [-0.4, -0.2) is 58.2 Å². The summed E-state index contributed by atoms with van der Waals surface area (Å²) in [6, 6.07) is 0.0724. The molecule has 19 heavy (non-hydrogen) atoms. The highest BCUT2D eigenvalue weighted by atomic mass is 32.2. The van der Waals surface area contributed by atoms with Gasteiger partial charge in [-0.1, -0.05) is 13.8 Å². The number of rotatable bonds is 4. The molecule has 6 nitrogen and oxygen atoms in total. The van der Waals surface area contributed by atoms with Crippen LogP contribution in [0.15, 0.2) is 0 Å². The van der Waals surface area contributed by atoms with Gasteiger partial charge in [0, 0.05) is 32.2 Å². The van der Waals surface area contributed by atoms with Crippen molar-refractivity contribution in [2.45, 2.75) is 26.3 Å². The van der Waals surface area contributed by atoms with Crippen LogP contribution < -0.4 is 10.0 Å². The maximum absolute atomic E-state index is 12.3. The van der Waals surface area contributed by atoms with Crippen LogP contribution in [0, 0.1) is 11.8 Å². The van der Waals surface area contributed by atoms with E-state index in [0.29, 0.717) is 44.7 Å². The van der Waals surface area contributed by atoms with Crippen LogP contribution in [0.25, 0.3) is 0 Å². The summed E-state index contributed by atoms with van der Waals surface area (Å²) in [6.45, 7) is 7.89. The van der Waals surface area contributed by atoms with E-state index in [9.17, 15) is 8.42 Å². The monoisotopic (exact) mass is 291 g/mol. The summed E-state index contributed by atoms with van der Waals surface area (Å²) >= 11 is 0. The molecular formula is C12H25N3O3S. The molecule has 7 heteroatoms.